The number of aryl methyl sites for hydroxylation is 2. The Morgan fingerprint density at radius 3 is 2.78 bits per heavy atom. The Morgan fingerprint density at radius 2 is 2.00 bits per heavy atom. The molecule has 1 aromatic carbocycles. The van der Waals surface area contributed by atoms with Crippen molar-refractivity contribution in [2.45, 2.75) is 13.8 Å². The third kappa shape index (κ3) is 3.65. The topological polar surface area (TPSA) is 50.2 Å². The van der Waals surface area contributed by atoms with Crippen molar-refractivity contribution < 1.29 is 0 Å². The van der Waals surface area contributed by atoms with Crippen molar-refractivity contribution in [3.63, 3.8) is 0 Å². The lowest BCUT2D eigenvalue weighted by atomic mass is 10.2. The Kier molecular flexibility index (Phi) is 4.83. The molecule has 0 spiro atoms. The van der Waals surface area contributed by atoms with Gasteiger partial charge in [-0.05, 0) is 47.0 Å². The Labute approximate surface area is 147 Å². The van der Waals surface area contributed by atoms with Gasteiger partial charge in [0.05, 0.1) is 11.6 Å². The van der Waals surface area contributed by atoms with Gasteiger partial charge < -0.3 is 0 Å². The summed E-state index contributed by atoms with van der Waals surface area (Å²) < 4.78 is 0.875. The Bertz CT molecular complexity index is 884. The molecule has 23 heavy (non-hydrogen) atoms. The lowest BCUT2D eigenvalue weighted by molar-refractivity contribution is 1.19. The SMILES string of the molecule is Cc1sc2ncnc(N/N=C/C(Br)=C/c3ccccc3)c2c1C. The van der Waals surface area contributed by atoms with Gasteiger partial charge in [0.25, 0.3) is 0 Å². The number of hydrogen-bond donors (Lipinski definition) is 1. The number of hydrazone groups is 1. The highest BCUT2D eigenvalue weighted by molar-refractivity contribution is 9.12. The van der Waals surface area contributed by atoms with Gasteiger partial charge in [-0.15, -0.1) is 11.3 Å². The highest BCUT2D eigenvalue weighted by Crippen LogP contribution is 2.32. The van der Waals surface area contributed by atoms with Crippen LogP contribution in [0.25, 0.3) is 16.3 Å². The van der Waals surface area contributed by atoms with Crippen LogP contribution in [0, 0.1) is 13.8 Å². The second kappa shape index (κ2) is 7.02. The number of fused-ring (bicyclic) bond motifs is 1. The summed E-state index contributed by atoms with van der Waals surface area (Å²) in [4.78, 5) is 10.8. The minimum atomic E-state index is 0.730. The molecule has 0 aliphatic heterocycles. The zero-order chi connectivity index (χ0) is 16.2. The van der Waals surface area contributed by atoms with E-state index in [1.807, 2.05) is 36.4 Å². The van der Waals surface area contributed by atoms with Crippen molar-refractivity contribution >= 4 is 55.6 Å². The summed E-state index contributed by atoms with van der Waals surface area (Å²) in [5, 5.41) is 5.30. The highest BCUT2D eigenvalue weighted by Gasteiger charge is 2.11. The third-order valence-corrected chi connectivity index (χ3v) is 4.98. The standard InChI is InChI=1S/C17H15BrN4S/c1-11-12(2)23-17-15(11)16(19-10-20-17)22-21-9-14(18)8-13-6-4-3-5-7-13/h3-10H,1-2H3,(H,19,20,22)/b14-8-,21-9+. The van der Waals surface area contributed by atoms with Gasteiger partial charge in [0.1, 0.15) is 11.2 Å². The summed E-state index contributed by atoms with van der Waals surface area (Å²) in [7, 11) is 0. The van der Waals surface area contributed by atoms with Gasteiger partial charge in [0.15, 0.2) is 5.82 Å². The maximum Gasteiger partial charge on any atom is 0.158 e. The minimum Gasteiger partial charge on any atom is -0.261 e. The van der Waals surface area contributed by atoms with Gasteiger partial charge in [-0.3, -0.25) is 5.43 Å². The molecule has 0 saturated carbocycles. The summed E-state index contributed by atoms with van der Waals surface area (Å²) in [6, 6.07) is 10.1. The van der Waals surface area contributed by atoms with E-state index in [1.54, 1.807) is 23.9 Å². The van der Waals surface area contributed by atoms with Crippen molar-refractivity contribution in [2.75, 3.05) is 5.43 Å². The molecule has 0 aliphatic carbocycles. The number of allylic oxidation sites excluding steroid dienone is 1. The van der Waals surface area contributed by atoms with Gasteiger partial charge in [0.2, 0.25) is 0 Å². The van der Waals surface area contributed by atoms with Crippen LogP contribution in [0.4, 0.5) is 5.82 Å². The smallest absolute Gasteiger partial charge is 0.158 e. The van der Waals surface area contributed by atoms with Crippen LogP contribution in [-0.2, 0) is 0 Å². The number of nitrogens with one attached hydrogen (secondary N) is 1. The monoisotopic (exact) mass is 386 g/mol. The summed E-state index contributed by atoms with van der Waals surface area (Å²) in [6.45, 7) is 4.17. The van der Waals surface area contributed by atoms with E-state index in [4.69, 9.17) is 0 Å². The van der Waals surface area contributed by atoms with E-state index in [2.05, 4.69) is 50.3 Å². The van der Waals surface area contributed by atoms with Crippen LogP contribution in [0.3, 0.4) is 0 Å². The van der Waals surface area contributed by atoms with Gasteiger partial charge in [0, 0.05) is 9.36 Å². The summed E-state index contributed by atoms with van der Waals surface area (Å²) in [5.74, 6) is 0.730. The first-order valence-corrected chi connectivity index (χ1v) is 8.68. The predicted octanol–water partition coefficient (Wildman–Crippen LogP) is 5.14. The largest absolute Gasteiger partial charge is 0.261 e. The van der Waals surface area contributed by atoms with Gasteiger partial charge in [-0.1, -0.05) is 30.3 Å². The van der Waals surface area contributed by atoms with Crippen LogP contribution in [0.15, 0.2) is 46.2 Å². The van der Waals surface area contributed by atoms with Gasteiger partial charge in [-0.25, -0.2) is 9.97 Å². The molecular weight excluding hydrogens is 372 g/mol. The molecule has 116 valence electrons. The van der Waals surface area contributed by atoms with Crippen molar-refractivity contribution in [2.24, 2.45) is 5.10 Å². The van der Waals surface area contributed by atoms with Crippen molar-refractivity contribution in [3.8, 4) is 0 Å². The second-order valence-corrected chi connectivity index (χ2v) is 7.11. The number of halogens is 1. The first kappa shape index (κ1) is 15.8. The Hall–Kier alpha value is -2.05. The molecule has 0 unspecified atom stereocenters. The lowest BCUT2D eigenvalue weighted by Gasteiger charge is -2.01. The van der Waals surface area contributed by atoms with Crippen LogP contribution >= 0.6 is 27.3 Å². The van der Waals surface area contributed by atoms with E-state index in [0.29, 0.717) is 0 Å². The van der Waals surface area contributed by atoms with E-state index in [-0.39, 0.29) is 0 Å². The normalized spacial score (nSPS) is 12.2. The number of aromatic nitrogens is 2. The molecule has 0 fully saturated rings. The van der Waals surface area contributed by atoms with Crippen LogP contribution < -0.4 is 5.43 Å². The fraction of sp³-hybridized carbons (Fsp3) is 0.118. The summed E-state index contributed by atoms with van der Waals surface area (Å²) in [5.41, 5.74) is 5.32. The molecule has 0 aliphatic rings. The van der Waals surface area contributed by atoms with E-state index < -0.39 is 0 Å². The molecule has 2 aromatic heterocycles. The first-order chi connectivity index (χ1) is 11.1. The molecule has 3 aromatic rings. The van der Waals surface area contributed by atoms with Crippen molar-refractivity contribution in [1.29, 1.82) is 0 Å². The van der Waals surface area contributed by atoms with Crippen LogP contribution in [-0.4, -0.2) is 16.2 Å². The van der Waals surface area contributed by atoms with Crippen LogP contribution in [0.1, 0.15) is 16.0 Å². The van der Waals surface area contributed by atoms with Crippen molar-refractivity contribution in [3.05, 3.63) is 57.1 Å². The molecule has 0 amide bonds. The van der Waals surface area contributed by atoms with Gasteiger partial charge >= 0.3 is 0 Å². The van der Waals surface area contributed by atoms with E-state index in [1.165, 1.54) is 10.4 Å². The average molecular weight is 387 g/mol. The molecule has 6 heteroatoms. The van der Waals surface area contributed by atoms with Crippen LogP contribution in [0.2, 0.25) is 0 Å². The summed E-state index contributed by atoms with van der Waals surface area (Å²) >= 11 is 5.17. The molecule has 2 heterocycles. The number of benzene rings is 1. The van der Waals surface area contributed by atoms with Gasteiger partial charge in [-0.2, -0.15) is 5.10 Å². The second-order valence-electron chi connectivity index (χ2n) is 5.00. The molecule has 0 radical (unpaired) electrons. The predicted molar refractivity (Wildman–Crippen MR) is 102 cm³/mol. The highest BCUT2D eigenvalue weighted by atomic mass is 79.9. The maximum atomic E-state index is 4.32. The number of thiophene rings is 1. The fourth-order valence-electron chi connectivity index (χ4n) is 2.17. The Balaban J connectivity index is 1.79. The molecule has 0 bridgehead atoms. The van der Waals surface area contributed by atoms with Crippen LogP contribution in [0.5, 0.6) is 0 Å². The van der Waals surface area contributed by atoms with E-state index in [9.17, 15) is 0 Å². The molecule has 4 nitrogen and oxygen atoms in total. The Morgan fingerprint density at radius 1 is 1.22 bits per heavy atom. The number of nitrogens with zero attached hydrogens (tertiary/aromatic N) is 3. The zero-order valence-corrected chi connectivity index (χ0v) is 15.1. The fourth-order valence-corrected chi connectivity index (χ4v) is 3.53. The van der Waals surface area contributed by atoms with E-state index in [0.717, 1.165) is 26.1 Å². The quantitative estimate of drug-likeness (QED) is 0.498. The van der Waals surface area contributed by atoms with Crippen molar-refractivity contribution in [1.82, 2.24) is 9.97 Å². The lowest BCUT2D eigenvalue weighted by Crippen LogP contribution is -1.95. The summed E-state index contributed by atoms with van der Waals surface area (Å²) in [6.07, 6.45) is 5.28. The maximum absolute atomic E-state index is 4.32. The number of hydrogen-bond acceptors (Lipinski definition) is 5. The molecule has 3 rings (SSSR count). The number of rotatable bonds is 4. The molecule has 0 saturated heterocycles. The minimum absolute atomic E-state index is 0.730. The average Bonchev–Trinajstić information content (AvgIpc) is 2.84. The molecular formula is C17H15BrN4S. The number of anilines is 1. The first-order valence-electron chi connectivity index (χ1n) is 7.07. The molecule has 1 N–H and O–H groups in total. The van der Waals surface area contributed by atoms with E-state index >= 15 is 0 Å². The molecule has 0 atom stereocenters. The zero-order valence-electron chi connectivity index (χ0n) is 12.7. The third-order valence-electron chi connectivity index (χ3n) is 3.43.